The topological polar surface area (TPSA) is 24.9 Å². The molecule has 4 rings (SSSR count). The van der Waals surface area contributed by atoms with Crippen molar-refractivity contribution in [1.82, 2.24) is 4.98 Å². The number of anilines is 1. The Morgan fingerprint density at radius 2 is 1.61 bits per heavy atom. The van der Waals surface area contributed by atoms with Crippen LogP contribution in [0.4, 0.5) is 5.69 Å². The van der Waals surface area contributed by atoms with Gasteiger partial charge in [0, 0.05) is 11.6 Å². The van der Waals surface area contributed by atoms with Crippen LogP contribution in [0, 0.1) is 11.8 Å². The number of hydrogen-bond donors (Lipinski definition) is 1. The molecule has 3 atom stereocenters. The van der Waals surface area contributed by atoms with Gasteiger partial charge in [-0.3, -0.25) is 4.98 Å². The molecule has 1 heterocycles. The van der Waals surface area contributed by atoms with Gasteiger partial charge in [0.05, 0.1) is 17.4 Å². The first-order valence-electron chi connectivity index (χ1n) is 12.5. The quantitative estimate of drug-likeness (QED) is 0.468. The molecule has 2 heteroatoms. The Bertz CT molecular complexity index is 1060. The first-order chi connectivity index (χ1) is 15.9. The van der Waals surface area contributed by atoms with E-state index in [1.165, 1.54) is 22.4 Å². The molecule has 2 aromatic rings. The molecule has 0 saturated heterocycles. The number of hydrogen-bond acceptors (Lipinski definition) is 2. The number of para-hydroxylation sites is 1. The lowest BCUT2D eigenvalue weighted by Gasteiger charge is -2.31. The normalized spacial score (nSPS) is 20.9. The van der Waals surface area contributed by atoms with E-state index in [0.717, 1.165) is 24.2 Å². The molecule has 2 nitrogen and oxygen atoms in total. The van der Waals surface area contributed by atoms with Gasteiger partial charge in [-0.1, -0.05) is 101 Å². The standard InChI is InChI=1S/C31H38N2/c1-21(2)26-13-9-14-27(22(3)4)31(26)33-30(25-11-7-6-8-12-25)29-16-10-15-28(32-29)24-19-17-23(5)18-20-24/h6-11,13-17,19-23,25,30,33H,12,18H2,1-5H3. The summed E-state index contributed by atoms with van der Waals surface area (Å²) in [6.45, 7) is 11.4. The third kappa shape index (κ3) is 5.38. The minimum Gasteiger partial charge on any atom is -0.376 e. The second kappa shape index (κ2) is 10.4. The summed E-state index contributed by atoms with van der Waals surface area (Å²) < 4.78 is 0. The molecule has 172 valence electrons. The second-order valence-corrected chi connectivity index (χ2v) is 10.1. The number of allylic oxidation sites excluding steroid dienone is 7. The van der Waals surface area contributed by atoms with Crippen molar-refractivity contribution in [2.45, 2.75) is 65.3 Å². The van der Waals surface area contributed by atoms with Gasteiger partial charge in [0.15, 0.2) is 0 Å². The summed E-state index contributed by atoms with van der Waals surface area (Å²) in [5.41, 5.74) is 7.46. The molecule has 1 N–H and O–H groups in total. The lowest BCUT2D eigenvalue weighted by atomic mass is 9.87. The van der Waals surface area contributed by atoms with E-state index in [0.29, 0.717) is 23.7 Å². The number of nitrogens with zero attached hydrogens (tertiary/aromatic N) is 1. The van der Waals surface area contributed by atoms with Crippen molar-refractivity contribution >= 4 is 11.3 Å². The predicted octanol–water partition coefficient (Wildman–Crippen LogP) is 8.59. The highest BCUT2D eigenvalue weighted by atomic mass is 15.0. The lowest BCUT2D eigenvalue weighted by Crippen LogP contribution is -2.23. The molecule has 0 fully saturated rings. The summed E-state index contributed by atoms with van der Waals surface area (Å²) in [5.74, 6) is 1.86. The van der Waals surface area contributed by atoms with E-state index >= 15 is 0 Å². The Labute approximate surface area is 200 Å². The van der Waals surface area contributed by atoms with Crippen LogP contribution in [0.15, 0.2) is 78.9 Å². The largest absolute Gasteiger partial charge is 0.376 e. The number of rotatable bonds is 7. The predicted molar refractivity (Wildman–Crippen MR) is 143 cm³/mol. The maximum absolute atomic E-state index is 5.20. The summed E-state index contributed by atoms with van der Waals surface area (Å²) in [7, 11) is 0. The van der Waals surface area contributed by atoms with Crippen LogP contribution in [0.5, 0.6) is 0 Å². The Kier molecular flexibility index (Phi) is 7.33. The minimum atomic E-state index is 0.107. The van der Waals surface area contributed by atoms with Gasteiger partial charge in [-0.05, 0) is 59.4 Å². The summed E-state index contributed by atoms with van der Waals surface area (Å²) >= 11 is 0. The Balaban J connectivity index is 1.76. The Morgan fingerprint density at radius 1 is 0.879 bits per heavy atom. The lowest BCUT2D eigenvalue weighted by molar-refractivity contribution is 0.542. The zero-order chi connectivity index (χ0) is 23.4. The summed E-state index contributed by atoms with van der Waals surface area (Å²) in [6.07, 6.45) is 17.9. The van der Waals surface area contributed by atoms with E-state index < -0.39 is 0 Å². The van der Waals surface area contributed by atoms with Crippen molar-refractivity contribution in [3.05, 3.63) is 101 Å². The molecule has 1 aromatic heterocycles. The van der Waals surface area contributed by atoms with E-state index in [1.807, 2.05) is 0 Å². The fourth-order valence-corrected chi connectivity index (χ4v) is 4.82. The molecule has 0 amide bonds. The van der Waals surface area contributed by atoms with E-state index in [2.05, 4.69) is 119 Å². The van der Waals surface area contributed by atoms with Gasteiger partial charge in [0.25, 0.3) is 0 Å². The van der Waals surface area contributed by atoms with Crippen LogP contribution in [0.25, 0.3) is 5.57 Å². The molecule has 0 spiro atoms. The highest BCUT2D eigenvalue weighted by Gasteiger charge is 2.26. The smallest absolute Gasteiger partial charge is 0.0751 e. The van der Waals surface area contributed by atoms with E-state index in [4.69, 9.17) is 4.98 Å². The fourth-order valence-electron chi connectivity index (χ4n) is 4.82. The zero-order valence-electron chi connectivity index (χ0n) is 20.8. The van der Waals surface area contributed by atoms with Crippen molar-refractivity contribution in [3.8, 4) is 0 Å². The third-order valence-corrected chi connectivity index (χ3v) is 6.81. The average Bonchev–Trinajstić information content (AvgIpc) is 2.83. The van der Waals surface area contributed by atoms with Gasteiger partial charge in [-0.2, -0.15) is 0 Å². The van der Waals surface area contributed by atoms with Crippen molar-refractivity contribution < 1.29 is 0 Å². The van der Waals surface area contributed by atoms with Crippen LogP contribution in [-0.4, -0.2) is 4.98 Å². The van der Waals surface area contributed by atoms with Crippen LogP contribution in [0.3, 0.4) is 0 Å². The maximum Gasteiger partial charge on any atom is 0.0751 e. The maximum atomic E-state index is 5.20. The van der Waals surface area contributed by atoms with E-state index in [1.54, 1.807) is 0 Å². The van der Waals surface area contributed by atoms with Crippen LogP contribution < -0.4 is 5.32 Å². The third-order valence-electron chi connectivity index (χ3n) is 6.81. The number of benzene rings is 1. The molecule has 0 radical (unpaired) electrons. The van der Waals surface area contributed by atoms with Crippen molar-refractivity contribution in [2.24, 2.45) is 11.8 Å². The summed E-state index contributed by atoms with van der Waals surface area (Å²) in [5, 5.41) is 4.02. The zero-order valence-corrected chi connectivity index (χ0v) is 20.8. The molecule has 0 saturated carbocycles. The van der Waals surface area contributed by atoms with Gasteiger partial charge >= 0.3 is 0 Å². The van der Waals surface area contributed by atoms with Gasteiger partial charge in [0.2, 0.25) is 0 Å². The van der Waals surface area contributed by atoms with E-state index in [9.17, 15) is 0 Å². The average molecular weight is 439 g/mol. The molecular formula is C31H38N2. The molecule has 2 aliphatic carbocycles. The summed E-state index contributed by atoms with van der Waals surface area (Å²) in [4.78, 5) is 5.20. The Hall–Kier alpha value is -2.87. The van der Waals surface area contributed by atoms with Crippen molar-refractivity contribution in [3.63, 3.8) is 0 Å². The van der Waals surface area contributed by atoms with Crippen LogP contribution in [0.1, 0.15) is 87.9 Å². The molecule has 33 heavy (non-hydrogen) atoms. The first kappa shape index (κ1) is 23.3. The van der Waals surface area contributed by atoms with Crippen LogP contribution >= 0.6 is 0 Å². The van der Waals surface area contributed by atoms with Crippen molar-refractivity contribution in [1.29, 1.82) is 0 Å². The molecule has 0 bridgehead atoms. The molecule has 1 aromatic carbocycles. The minimum absolute atomic E-state index is 0.107. The molecule has 3 unspecified atom stereocenters. The van der Waals surface area contributed by atoms with Gasteiger partial charge < -0.3 is 5.32 Å². The van der Waals surface area contributed by atoms with E-state index in [-0.39, 0.29) is 6.04 Å². The SMILES string of the molecule is CC1C=CC(c2cccc(C(Nc3c(C(C)C)cccc3C(C)C)C3C=CC=CC3)n2)=CC1. The second-order valence-electron chi connectivity index (χ2n) is 10.1. The molecule has 2 aliphatic rings. The highest BCUT2D eigenvalue weighted by molar-refractivity contribution is 5.72. The molecular weight excluding hydrogens is 400 g/mol. The van der Waals surface area contributed by atoms with Gasteiger partial charge in [-0.25, -0.2) is 0 Å². The van der Waals surface area contributed by atoms with Crippen LogP contribution in [0.2, 0.25) is 0 Å². The van der Waals surface area contributed by atoms with Crippen LogP contribution in [-0.2, 0) is 0 Å². The number of pyridine rings is 1. The fraction of sp³-hybridized carbons (Fsp3) is 0.387. The monoisotopic (exact) mass is 438 g/mol. The van der Waals surface area contributed by atoms with Gasteiger partial charge in [-0.15, -0.1) is 0 Å². The highest BCUT2D eigenvalue weighted by Crippen LogP contribution is 2.38. The number of aromatic nitrogens is 1. The summed E-state index contributed by atoms with van der Waals surface area (Å²) in [6, 6.07) is 13.4. The van der Waals surface area contributed by atoms with Gasteiger partial charge in [0.1, 0.15) is 0 Å². The Morgan fingerprint density at radius 3 is 2.21 bits per heavy atom. The first-order valence-corrected chi connectivity index (χ1v) is 12.5. The number of nitrogens with one attached hydrogen (secondary N) is 1. The molecule has 0 aliphatic heterocycles. The van der Waals surface area contributed by atoms with Crippen molar-refractivity contribution in [2.75, 3.05) is 5.32 Å².